The van der Waals surface area contributed by atoms with Crippen molar-refractivity contribution in [1.29, 1.82) is 5.26 Å². The van der Waals surface area contributed by atoms with Crippen LogP contribution in [-0.4, -0.2) is 24.1 Å². The fourth-order valence-corrected chi connectivity index (χ4v) is 2.40. The highest BCUT2D eigenvalue weighted by molar-refractivity contribution is 5.45. The standard InChI is InChI=1S/C11H12N4/c12-3-7-1-2-10(14-4-7)15-5-8-9(6-15)11(8)13/h1-2,4,8-9,11H,5-6,13H2/t8-,9+,11+. The Kier molecular flexibility index (Phi) is 1.70. The molecule has 2 N–H and O–H groups in total. The number of nitrogens with two attached hydrogens (primary N) is 1. The molecule has 2 aliphatic rings. The quantitative estimate of drug-likeness (QED) is 0.710. The molecule has 1 aliphatic heterocycles. The molecule has 2 fully saturated rings. The Balaban J connectivity index is 1.75. The van der Waals surface area contributed by atoms with Crippen LogP contribution in [0.4, 0.5) is 5.82 Å². The molecule has 0 unspecified atom stereocenters. The van der Waals surface area contributed by atoms with Crippen LogP contribution in [0.5, 0.6) is 0 Å². The van der Waals surface area contributed by atoms with E-state index in [1.165, 1.54) is 0 Å². The molecule has 4 heteroatoms. The molecule has 0 spiro atoms. The lowest BCUT2D eigenvalue weighted by molar-refractivity contribution is 0.735. The minimum absolute atomic E-state index is 0.416. The van der Waals surface area contributed by atoms with Gasteiger partial charge in [-0.3, -0.25) is 0 Å². The van der Waals surface area contributed by atoms with Crippen LogP contribution in [0.1, 0.15) is 5.56 Å². The van der Waals surface area contributed by atoms with Crippen molar-refractivity contribution < 1.29 is 0 Å². The van der Waals surface area contributed by atoms with Crippen molar-refractivity contribution >= 4 is 5.82 Å². The van der Waals surface area contributed by atoms with E-state index >= 15 is 0 Å². The van der Waals surface area contributed by atoms with Gasteiger partial charge in [-0.25, -0.2) is 4.98 Å². The van der Waals surface area contributed by atoms with Crippen LogP contribution in [0.25, 0.3) is 0 Å². The summed E-state index contributed by atoms with van der Waals surface area (Å²) in [6.07, 6.45) is 1.62. The molecular weight excluding hydrogens is 188 g/mol. The Morgan fingerprint density at radius 2 is 2.13 bits per heavy atom. The second-order valence-corrected chi connectivity index (χ2v) is 4.33. The highest BCUT2D eigenvalue weighted by atomic mass is 15.2. The van der Waals surface area contributed by atoms with Gasteiger partial charge in [0, 0.05) is 25.3 Å². The van der Waals surface area contributed by atoms with Gasteiger partial charge in [0.25, 0.3) is 0 Å². The lowest BCUT2D eigenvalue weighted by Gasteiger charge is -2.19. The largest absolute Gasteiger partial charge is 0.356 e. The summed E-state index contributed by atoms with van der Waals surface area (Å²) in [5.41, 5.74) is 6.48. The van der Waals surface area contributed by atoms with Gasteiger partial charge in [0.15, 0.2) is 0 Å². The molecule has 0 radical (unpaired) electrons. The third-order valence-corrected chi connectivity index (χ3v) is 3.46. The maximum Gasteiger partial charge on any atom is 0.128 e. The van der Waals surface area contributed by atoms with Crippen molar-refractivity contribution in [1.82, 2.24) is 4.98 Å². The summed E-state index contributed by atoms with van der Waals surface area (Å²) >= 11 is 0. The van der Waals surface area contributed by atoms with Gasteiger partial charge < -0.3 is 10.6 Å². The number of pyridine rings is 1. The smallest absolute Gasteiger partial charge is 0.128 e. The van der Waals surface area contributed by atoms with Crippen LogP contribution in [0.3, 0.4) is 0 Å². The van der Waals surface area contributed by atoms with E-state index in [-0.39, 0.29) is 0 Å². The summed E-state index contributed by atoms with van der Waals surface area (Å²) < 4.78 is 0. The van der Waals surface area contributed by atoms with Crippen LogP contribution < -0.4 is 10.6 Å². The number of nitriles is 1. The van der Waals surface area contributed by atoms with Gasteiger partial charge in [0.1, 0.15) is 11.9 Å². The first kappa shape index (κ1) is 8.69. The second kappa shape index (κ2) is 2.94. The number of nitrogens with zero attached hydrogens (tertiary/aromatic N) is 3. The Hall–Kier alpha value is -1.60. The molecule has 4 nitrogen and oxygen atoms in total. The highest BCUT2D eigenvalue weighted by Crippen LogP contribution is 2.44. The molecule has 76 valence electrons. The van der Waals surface area contributed by atoms with Crippen molar-refractivity contribution in [2.24, 2.45) is 17.6 Å². The van der Waals surface area contributed by atoms with Crippen LogP contribution in [0.15, 0.2) is 18.3 Å². The van der Waals surface area contributed by atoms with Crippen LogP contribution >= 0.6 is 0 Å². The fourth-order valence-electron chi connectivity index (χ4n) is 2.40. The van der Waals surface area contributed by atoms with E-state index in [2.05, 4.69) is 16.0 Å². The summed E-state index contributed by atoms with van der Waals surface area (Å²) in [4.78, 5) is 6.52. The first-order chi connectivity index (χ1) is 7.29. The minimum atomic E-state index is 0.416. The monoisotopic (exact) mass is 200 g/mol. The number of rotatable bonds is 1. The highest BCUT2D eigenvalue weighted by Gasteiger charge is 2.53. The number of aromatic nitrogens is 1. The van der Waals surface area contributed by atoms with Gasteiger partial charge in [-0.2, -0.15) is 5.26 Å². The summed E-state index contributed by atoms with van der Waals surface area (Å²) in [7, 11) is 0. The van der Waals surface area contributed by atoms with E-state index in [0.29, 0.717) is 23.4 Å². The lowest BCUT2D eigenvalue weighted by atomic mass is 10.3. The molecule has 0 aromatic carbocycles. The number of fused-ring (bicyclic) bond motifs is 1. The number of hydrogen-bond acceptors (Lipinski definition) is 4. The molecule has 3 atom stereocenters. The van der Waals surface area contributed by atoms with E-state index in [4.69, 9.17) is 11.0 Å². The number of piperidine rings is 1. The van der Waals surface area contributed by atoms with Gasteiger partial charge >= 0.3 is 0 Å². The van der Waals surface area contributed by atoms with Crippen LogP contribution in [-0.2, 0) is 0 Å². The molecule has 1 aromatic heterocycles. The molecule has 15 heavy (non-hydrogen) atoms. The molecule has 1 saturated heterocycles. The van der Waals surface area contributed by atoms with Crippen molar-refractivity contribution in [3.05, 3.63) is 23.9 Å². The molecular formula is C11H12N4. The summed E-state index contributed by atoms with van der Waals surface area (Å²) in [6.45, 7) is 2.04. The summed E-state index contributed by atoms with van der Waals surface area (Å²) in [5.74, 6) is 2.30. The molecule has 0 amide bonds. The van der Waals surface area contributed by atoms with E-state index in [1.807, 2.05) is 12.1 Å². The SMILES string of the molecule is N#Cc1ccc(N2C[C@@H]3[C@@H](N)[C@@H]3C2)nc1. The predicted octanol–water partition coefficient (Wildman–Crippen LogP) is 0.347. The summed E-state index contributed by atoms with van der Waals surface area (Å²) in [6, 6.07) is 6.21. The van der Waals surface area contributed by atoms with Crippen molar-refractivity contribution in [3.63, 3.8) is 0 Å². The predicted molar refractivity (Wildman–Crippen MR) is 56.1 cm³/mol. The molecule has 2 heterocycles. The Bertz CT molecular complexity index is 407. The Morgan fingerprint density at radius 1 is 1.40 bits per heavy atom. The van der Waals surface area contributed by atoms with Crippen LogP contribution in [0.2, 0.25) is 0 Å². The maximum atomic E-state index is 8.66. The average molecular weight is 200 g/mol. The van der Waals surface area contributed by atoms with Crippen molar-refractivity contribution in [2.45, 2.75) is 6.04 Å². The Morgan fingerprint density at radius 3 is 2.67 bits per heavy atom. The zero-order valence-electron chi connectivity index (χ0n) is 8.30. The third kappa shape index (κ3) is 1.28. The van der Waals surface area contributed by atoms with E-state index in [9.17, 15) is 0 Å². The second-order valence-electron chi connectivity index (χ2n) is 4.33. The third-order valence-electron chi connectivity index (χ3n) is 3.46. The van der Waals surface area contributed by atoms with E-state index in [0.717, 1.165) is 18.9 Å². The van der Waals surface area contributed by atoms with Gasteiger partial charge in [-0.1, -0.05) is 0 Å². The van der Waals surface area contributed by atoms with Crippen LogP contribution in [0, 0.1) is 23.2 Å². The fraction of sp³-hybridized carbons (Fsp3) is 0.455. The van der Waals surface area contributed by atoms with Gasteiger partial charge in [-0.15, -0.1) is 0 Å². The normalized spacial score (nSPS) is 32.3. The molecule has 1 aliphatic carbocycles. The number of hydrogen-bond donors (Lipinski definition) is 1. The summed E-state index contributed by atoms with van der Waals surface area (Å²) in [5, 5.41) is 8.66. The molecule has 3 rings (SSSR count). The maximum absolute atomic E-state index is 8.66. The molecule has 0 bridgehead atoms. The lowest BCUT2D eigenvalue weighted by Crippen LogP contribution is -2.28. The van der Waals surface area contributed by atoms with Crippen molar-refractivity contribution in [3.8, 4) is 6.07 Å². The molecule has 1 saturated carbocycles. The average Bonchev–Trinajstić information content (AvgIpc) is 2.74. The first-order valence-corrected chi connectivity index (χ1v) is 5.16. The topological polar surface area (TPSA) is 65.9 Å². The van der Waals surface area contributed by atoms with Gasteiger partial charge in [0.2, 0.25) is 0 Å². The Labute approximate surface area is 88.3 Å². The zero-order chi connectivity index (χ0) is 10.4. The van der Waals surface area contributed by atoms with Crippen molar-refractivity contribution in [2.75, 3.05) is 18.0 Å². The zero-order valence-corrected chi connectivity index (χ0v) is 8.30. The number of anilines is 1. The van der Waals surface area contributed by atoms with Gasteiger partial charge in [-0.05, 0) is 24.0 Å². The molecule has 1 aromatic rings. The van der Waals surface area contributed by atoms with E-state index < -0.39 is 0 Å². The minimum Gasteiger partial charge on any atom is -0.356 e. The van der Waals surface area contributed by atoms with Gasteiger partial charge in [0.05, 0.1) is 5.56 Å². The van der Waals surface area contributed by atoms with E-state index in [1.54, 1.807) is 6.20 Å². The first-order valence-electron chi connectivity index (χ1n) is 5.16.